The zero-order chi connectivity index (χ0) is 11.9. The van der Waals surface area contributed by atoms with Crippen LogP contribution in [-0.4, -0.2) is 42.3 Å². The fourth-order valence-electron chi connectivity index (χ4n) is 3.69. The van der Waals surface area contributed by atoms with E-state index in [4.69, 9.17) is 10.5 Å². The highest BCUT2D eigenvalue weighted by Gasteiger charge is 2.44. The largest absolute Gasteiger partial charge is 0.375 e. The van der Waals surface area contributed by atoms with Gasteiger partial charge in [0.15, 0.2) is 0 Å². The Labute approximate surface area is 105 Å². The average molecular weight is 238 g/mol. The summed E-state index contributed by atoms with van der Waals surface area (Å²) in [4.78, 5) is 2.65. The number of nitrogens with two attached hydrogens (primary N) is 1. The predicted molar refractivity (Wildman–Crippen MR) is 68.9 cm³/mol. The maximum Gasteiger partial charge on any atom is 0.0697 e. The van der Waals surface area contributed by atoms with E-state index in [1.54, 1.807) is 0 Å². The Morgan fingerprint density at radius 1 is 1.29 bits per heavy atom. The van der Waals surface area contributed by atoms with E-state index in [-0.39, 0.29) is 5.60 Å². The van der Waals surface area contributed by atoms with Gasteiger partial charge >= 0.3 is 0 Å². The molecule has 0 bridgehead atoms. The van der Waals surface area contributed by atoms with Crippen LogP contribution in [0.15, 0.2) is 0 Å². The van der Waals surface area contributed by atoms with Gasteiger partial charge in [0.2, 0.25) is 0 Å². The minimum absolute atomic E-state index is 0.274. The van der Waals surface area contributed by atoms with Gasteiger partial charge in [0, 0.05) is 25.2 Å². The molecule has 3 rings (SSSR count). The minimum atomic E-state index is 0.274. The lowest BCUT2D eigenvalue weighted by Crippen LogP contribution is -2.56. The third-order valence-corrected chi connectivity index (χ3v) is 5.30. The fourth-order valence-corrected chi connectivity index (χ4v) is 3.69. The lowest BCUT2D eigenvalue weighted by atomic mass is 9.73. The molecule has 1 saturated carbocycles. The molecule has 2 saturated heterocycles. The molecule has 3 nitrogen and oxygen atoms in total. The fraction of sp³-hybridized carbons (Fsp3) is 1.00. The Hall–Kier alpha value is -0.120. The van der Waals surface area contributed by atoms with E-state index in [2.05, 4.69) is 11.8 Å². The van der Waals surface area contributed by atoms with E-state index >= 15 is 0 Å². The molecule has 3 heteroatoms. The molecule has 0 aromatic rings. The van der Waals surface area contributed by atoms with Crippen LogP contribution in [0.3, 0.4) is 0 Å². The van der Waals surface area contributed by atoms with Gasteiger partial charge < -0.3 is 10.5 Å². The van der Waals surface area contributed by atoms with Crippen LogP contribution in [-0.2, 0) is 4.74 Å². The first-order valence-electron chi connectivity index (χ1n) is 7.32. The molecule has 1 spiro atoms. The number of ether oxygens (including phenoxy) is 1. The number of nitrogens with zero attached hydrogens (tertiary/aromatic N) is 1. The third kappa shape index (κ3) is 2.25. The molecule has 0 aromatic carbocycles. The summed E-state index contributed by atoms with van der Waals surface area (Å²) in [6.45, 7) is 5.60. The van der Waals surface area contributed by atoms with Gasteiger partial charge in [-0.2, -0.15) is 0 Å². The van der Waals surface area contributed by atoms with Crippen molar-refractivity contribution >= 4 is 0 Å². The van der Waals surface area contributed by atoms with Crippen molar-refractivity contribution < 1.29 is 4.74 Å². The minimum Gasteiger partial charge on any atom is -0.375 e. The van der Waals surface area contributed by atoms with Crippen molar-refractivity contribution in [1.82, 2.24) is 4.90 Å². The van der Waals surface area contributed by atoms with Crippen molar-refractivity contribution in [1.29, 1.82) is 0 Å². The van der Waals surface area contributed by atoms with Gasteiger partial charge in [0.05, 0.1) is 5.60 Å². The van der Waals surface area contributed by atoms with E-state index in [0.717, 1.165) is 19.2 Å². The molecule has 3 atom stereocenters. The molecule has 0 amide bonds. The van der Waals surface area contributed by atoms with Crippen molar-refractivity contribution in [2.45, 2.75) is 63.1 Å². The second-order valence-electron chi connectivity index (χ2n) is 6.46. The third-order valence-electron chi connectivity index (χ3n) is 5.30. The first-order chi connectivity index (χ1) is 8.19. The van der Waals surface area contributed by atoms with Crippen LogP contribution in [0.4, 0.5) is 0 Å². The summed E-state index contributed by atoms with van der Waals surface area (Å²) in [6, 6.07) is 1.12. The molecule has 98 valence electrons. The van der Waals surface area contributed by atoms with Crippen molar-refractivity contribution in [3.63, 3.8) is 0 Å². The Balaban J connectivity index is 1.60. The summed E-state index contributed by atoms with van der Waals surface area (Å²) in [7, 11) is 0. The summed E-state index contributed by atoms with van der Waals surface area (Å²) in [5.74, 6) is 0.698. The van der Waals surface area contributed by atoms with Gasteiger partial charge in [-0.1, -0.05) is 6.92 Å². The van der Waals surface area contributed by atoms with Crippen molar-refractivity contribution in [2.75, 3.05) is 19.7 Å². The topological polar surface area (TPSA) is 38.5 Å². The molecule has 3 aliphatic rings. The van der Waals surface area contributed by atoms with Gasteiger partial charge in [-0.15, -0.1) is 0 Å². The first-order valence-corrected chi connectivity index (χ1v) is 7.32. The van der Waals surface area contributed by atoms with Crippen LogP contribution < -0.4 is 5.73 Å². The number of hydrogen-bond donors (Lipinski definition) is 1. The smallest absolute Gasteiger partial charge is 0.0697 e. The van der Waals surface area contributed by atoms with E-state index in [9.17, 15) is 0 Å². The summed E-state index contributed by atoms with van der Waals surface area (Å²) in [5, 5.41) is 0. The van der Waals surface area contributed by atoms with Crippen molar-refractivity contribution in [3.05, 3.63) is 0 Å². The van der Waals surface area contributed by atoms with Crippen molar-refractivity contribution in [2.24, 2.45) is 11.7 Å². The highest BCUT2D eigenvalue weighted by Crippen LogP contribution is 2.43. The Morgan fingerprint density at radius 3 is 2.76 bits per heavy atom. The molecule has 1 aliphatic carbocycles. The summed E-state index contributed by atoms with van der Waals surface area (Å²) >= 11 is 0. The molecule has 17 heavy (non-hydrogen) atoms. The number of rotatable bonds is 1. The number of piperidine rings is 1. The molecule has 3 fully saturated rings. The highest BCUT2D eigenvalue weighted by atomic mass is 16.5. The summed E-state index contributed by atoms with van der Waals surface area (Å²) in [5.41, 5.74) is 6.49. The van der Waals surface area contributed by atoms with Crippen molar-refractivity contribution in [3.8, 4) is 0 Å². The molecular weight excluding hydrogens is 212 g/mol. The van der Waals surface area contributed by atoms with Crippen LogP contribution >= 0.6 is 0 Å². The van der Waals surface area contributed by atoms with E-state index in [1.807, 2.05) is 0 Å². The molecular formula is C14H26N2O. The second-order valence-corrected chi connectivity index (χ2v) is 6.46. The lowest BCUT2D eigenvalue weighted by Gasteiger charge is -2.51. The Kier molecular flexibility index (Phi) is 3.18. The molecule has 2 heterocycles. The highest BCUT2D eigenvalue weighted by molar-refractivity contribution is 4.98. The zero-order valence-corrected chi connectivity index (χ0v) is 11.0. The van der Waals surface area contributed by atoms with Crippen LogP contribution in [0.25, 0.3) is 0 Å². The van der Waals surface area contributed by atoms with Gasteiger partial charge in [0.1, 0.15) is 0 Å². The van der Waals surface area contributed by atoms with E-state index in [1.165, 1.54) is 45.1 Å². The summed E-state index contributed by atoms with van der Waals surface area (Å²) in [6.07, 6.45) is 7.69. The average Bonchev–Trinajstić information content (AvgIpc) is 2.31. The Morgan fingerprint density at radius 2 is 2.12 bits per heavy atom. The van der Waals surface area contributed by atoms with Gasteiger partial charge in [-0.05, 0) is 51.0 Å². The zero-order valence-electron chi connectivity index (χ0n) is 11.0. The van der Waals surface area contributed by atoms with Gasteiger partial charge in [-0.25, -0.2) is 0 Å². The number of hydrogen-bond acceptors (Lipinski definition) is 3. The van der Waals surface area contributed by atoms with Crippen LogP contribution in [0.2, 0.25) is 0 Å². The summed E-state index contributed by atoms with van der Waals surface area (Å²) < 4.78 is 6.01. The Bertz CT molecular complexity index is 277. The lowest BCUT2D eigenvalue weighted by molar-refractivity contribution is -0.150. The predicted octanol–water partition coefficient (Wildman–Crippen LogP) is 1.76. The second kappa shape index (κ2) is 4.52. The molecule has 0 aromatic heterocycles. The first kappa shape index (κ1) is 11.9. The SMILES string of the molecule is CC1CCN(C2CCOC3(CCC3)C2)CC1N. The van der Waals surface area contributed by atoms with E-state index < -0.39 is 0 Å². The van der Waals surface area contributed by atoms with Crippen LogP contribution in [0, 0.1) is 5.92 Å². The monoisotopic (exact) mass is 238 g/mol. The molecule has 2 N–H and O–H groups in total. The standard InChI is InChI=1S/C14H26N2O/c1-11-3-7-16(10-13(11)15)12-4-8-17-14(9-12)5-2-6-14/h11-13H,2-10,15H2,1H3. The maximum atomic E-state index is 6.22. The molecule has 3 unspecified atom stereocenters. The molecule has 0 radical (unpaired) electrons. The molecule has 2 aliphatic heterocycles. The number of likely N-dealkylation sites (tertiary alicyclic amines) is 1. The van der Waals surface area contributed by atoms with Crippen LogP contribution in [0.1, 0.15) is 45.4 Å². The maximum absolute atomic E-state index is 6.22. The van der Waals surface area contributed by atoms with Gasteiger partial charge in [0.25, 0.3) is 0 Å². The quantitative estimate of drug-likeness (QED) is 0.756. The van der Waals surface area contributed by atoms with Crippen LogP contribution in [0.5, 0.6) is 0 Å². The normalized spacial score (nSPS) is 42.4. The van der Waals surface area contributed by atoms with Gasteiger partial charge in [-0.3, -0.25) is 4.90 Å². The van der Waals surface area contributed by atoms with E-state index in [0.29, 0.717) is 12.0 Å².